The van der Waals surface area contributed by atoms with Crippen LogP contribution in [0.2, 0.25) is 0 Å². The summed E-state index contributed by atoms with van der Waals surface area (Å²) in [6, 6.07) is 0. The van der Waals surface area contributed by atoms with Crippen LogP contribution in [0.3, 0.4) is 0 Å². The van der Waals surface area contributed by atoms with Crippen LogP contribution < -0.4 is 0 Å². The van der Waals surface area contributed by atoms with Gasteiger partial charge in [0.1, 0.15) is 6.54 Å². The molecule has 0 aliphatic heterocycles. The molecule has 24 heavy (non-hydrogen) atoms. The number of allylic oxidation sites excluding steroid dienone is 6. The molecule has 0 aromatic heterocycles. The highest BCUT2D eigenvalue weighted by molar-refractivity contribution is 5.82. The van der Waals surface area contributed by atoms with Gasteiger partial charge in [-0.3, -0.25) is 4.48 Å². The average Bonchev–Trinajstić information content (AvgIpc) is 2.44. The van der Waals surface area contributed by atoms with Crippen LogP contribution in [-0.2, 0) is 4.79 Å². The Morgan fingerprint density at radius 2 is 1.21 bits per heavy atom. The number of likely N-dealkylation sites (N-methyl/N-ethyl adjacent to an activating group) is 1. The molecule has 0 aliphatic rings. The van der Waals surface area contributed by atoms with Crippen molar-refractivity contribution in [3.8, 4) is 0 Å². The van der Waals surface area contributed by atoms with E-state index in [2.05, 4.69) is 59.8 Å². The van der Waals surface area contributed by atoms with E-state index < -0.39 is 0 Å². The van der Waals surface area contributed by atoms with Crippen molar-refractivity contribution in [1.29, 1.82) is 0 Å². The van der Waals surface area contributed by atoms with Crippen molar-refractivity contribution in [3.63, 3.8) is 0 Å². The fraction of sp³-hybridized carbons (Fsp3) is 0.591. The lowest BCUT2D eigenvalue weighted by atomic mass is 10.1. The number of nitrogens with zero attached hydrogens (tertiary/aromatic N) is 1. The van der Waals surface area contributed by atoms with Crippen LogP contribution in [0.5, 0.6) is 0 Å². The number of carbonyl (C=O) groups excluding carboxylic acids is 1. The molecule has 0 rings (SSSR count). The van der Waals surface area contributed by atoms with E-state index in [9.17, 15) is 4.79 Å². The third-order valence-electron chi connectivity index (χ3n) is 4.05. The maximum Gasteiger partial charge on any atom is 0.338 e. The Balaban J connectivity index is 4.60. The summed E-state index contributed by atoms with van der Waals surface area (Å²) < 4.78 is 0.375. The SMILES string of the molecule is CC(C)=CCCC(C)=CC[N+](C)(C)C(=O)C=C(C)CCC=C(C)C. The molecule has 0 atom stereocenters. The Morgan fingerprint density at radius 3 is 1.67 bits per heavy atom. The van der Waals surface area contributed by atoms with Crippen LogP contribution >= 0.6 is 0 Å². The first-order valence-electron chi connectivity index (χ1n) is 9.01. The van der Waals surface area contributed by atoms with Crippen molar-refractivity contribution >= 4 is 5.91 Å². The Morgan fingerprint density at radius 1 is 0.750 bits per heavy atom. The monoisotopic (exact) mass is 332 g/mol. The van der Waals surface area contributed by atoms with E-state index in [1.807, 2.05) is 20.2 Å². The van der Waals surface area contributed by atoms with Gasteiger partial charge in [-0.2, -0.15) is 0 Å². The smallest absolute Gasteiger partial charge is 0.258 e. The van der Waals surface area contributed by atoms with Gasteiger partial charge in [0.05, 0.1) is 14.1 Å². The van der Waals surface area contributed by atoms with Gasteiger partial charge in [0.2, 0.25) is 0 Å². The summed E-state index contributed by atoms with van der Waals surface area (Å²) >= 11 is 0. The molecule has 0 spiro atoms. The lowest BCUT2D eigenvalue weighted by molar-refractivity contribution is -0.804. The average molecular weight is 333 g/mol. The third kappa shape index (κ3) is 11.2. The highest BCUT2D eigenvalue weighted by Crippen LogP contribution is 2.12. The first-order valence-corrected chi connectivity index (χ1v) is 9.01. The van der Waals surface area contributed by atoms with E-state index in [1.54, 1.807) is 0 Å². The first-order chi connectivity index (χ1) is 11.0. The largest absolute Gasteiger partial charge is 0.338 e. The summed E-state index contributed by atoms with van der Waals surface area (Å²) in [5.41, 5.74) is 5.21. The van der Waals surface area contributed by atoms with Gasteiger partial charge >= 0.3 is 5.91 Å². The molecule has 2 nitrogen and oxygen atoms in total. The fourth-order valence-corrected chi connectivity index (χ4v) is 2.21. The maximum atomic E-state index is 12.5. The van der Waals surface area contributed by atoms with E-state index in [1.165, 1.54) is 16.7 Å². The molecule has 0 radical (unpaired) electrons. The topological polar surface area (TPSA) is 17.1 Å². The summed E-state index contributed by atoms with van der Waals surface area (Å²) in [6.45, 7) is 13.4. The van der Waals surface area contributed by atoms with Crippen LogP contribution in [0.1, 0.15) is 67.2 Å². The molecule has 0 aliphatic carbocycles. The van der Waals surface area contributed by atoms with Crippen LogP contribution in [0.15, 0.2) is 46.6 Å². The number of hydrogen-bond donors (Lipinski definition) is 0. The molecule has 0 saturated heterocycles. The van der Waals surface area contributed by atoms with Gasteiger partial charge in [-0.1, -0.05) is 34.4 Å². The standard InChI is InChI=1S/C22H38NO/c1-18(2)11-9-13-20(5)15-16-23(7,8)22(24)17-21(6)14-10-12-19(3)4/h11-12,15,17H,9-10,13-14,16H2,1-8H3/q+1. The highest BCUT2D eigenvalue weighted by Gasteiger charge is 2.22. The third-order valence-corrected chi connectivity index (χ3v) is 4.05. The van der Waals surface area contributed by atoms with Crippen LogP contribution in [0.25, 0.3) is 0 Å². The second-order valence-corrected chi connectivity index (χ2v) is 7.89. The lowest BCUT2D eigenvalue weighted by Gasteiger charge is -2.24. The van der Waals surface area contributed by atoms with Gasteiger partial charge in [-0.05, 0) is 73.3 Å². The molecule has 0 fully saturated rings. The molecular formula is C22H38NO+. The van der Waals surface area contributed by atoms with Gasteiger partial charge in [0, 0.05) is 6.08 Å². The summed E-state index contributed by atoms with van der Waals surface area (Å²) in [5, 5.41) is 0. The van der Waals surface area contributed by atoms with Gasteiger partial charge in [-0.25, -0.2) is 4.79 Å². The molecule has 0 N–H and O–H groups in total. The summed E-state index contributed by atoms with van der Waals surface area (Å²) in [7, 11) is 3.98. The first kappa shape index (κ1) is 22.6. The quantitative estimate of drug-likeness (QED) is 0.288. The zero-order valence-corrected chi connectivity index (χ0v) is 17.2. The van der Waals surface area contributed by atoms with E-state index in [-0.39, 0.29) is 5.91 Å². The van der Waals surface area contributed by atoms with Crippen molar-refractivity contribution in [1.82, 2.24) is 0 Å². The number of quaternary nitrogens is 1. The van der Waals surface area contributed by atoms with Crippen LogP contribution in [-0.4, -0.2) is 31.0 Å². The maximum absolute atomic E-state index is 12.5. The molecular weight excluding hydrogens is 294 g/mol. The van der Waals surface area contributed by atoms with Crippen molar-refractivity contribution in [2.75, 3.05) is 20.6 Å². The number of carbonyl (C=O) groups is 1. The van der Waals surface area contributed by atoms with Crippen molar-refractivity contribution in [3.05, 3.63) is 46.6 Å². The minimum Gasteiger partial charge on any atom is -0.258 e. The summed E-state index contributed by atoms with van der Waals surface area (Å²) in [4.78, 5) is 12.5. The minimum absolute atomic E-state index is 0.179. The molecule has 0 bridgehead atoms. The number of rotatable bonds is 9. The summed E-state index contributed by atoms with van der Waals surface area (Å²) in [5.74, 6) is 0.179. The predicted molar refractivity (Wildman–Crippen MR) is 107 cm³/mol. The second kappa shape index (κ2) is 11.2. The van der Waals surface area contributed by atoms with Crippen LogP contribution in [0, 0.1) is 0 Å². The fourth-order valence-electron chi connectivity index (χ4n) is 2.21. The molecule has 2 heteroatoms. The normalized spacial score (nSPS) is 12.8. The number of hydrogen-bond acceptors (Lipinski definition) is 1. The van der Waals surface area contributed by atoms with Crippen molar-refractivity contribution in [2.24, 2.45) is 0 Å². The predicted octanol–water partition coefficient (Wildman–Crippen LogP) is 5.97. The molecule has 0 heterocycles. The zero-order chi connectivity index (χ0) is 18.8. The van der Waals surface area contributed by atoms with E-state index >= 15 is 0 Å². The van der Waals surface area contributed by atoms with Gasteiger partial charge in [-0.15, -0.1) is 0 Å². The number of amides is 1. The van der Waals surface area contributed by atoms with E-state index in [4.69, 9.17) is 0 Å². The molecule has 0 saturated carbocycles. The molecule has 0 aromatic carbocycles. The molecule has 0 aromatic rings. The second-order valence-electron chi connectivity index (χ2n) is 7.89. The Bertz CT molecular complexity index is 522. The van der Waals surface area contributed by atoms with Crippen LogP contribution in [0.4, 0.5) is 0 Å². The molecule has 0 unspecified atom stereocenters. The van der Waals surface area contributed by atoms with Crippen molar-refractivity contribution in [2.45, 2.75) is 67.2 Å². The Labute approximate surface area is 150 Å². The highest BCUT2D eigenvalue weighted by atomic mass is 16.2. The molecule has 1 amide bonds. The Hall–Kier alpha value is -1.41. The molecule has 136 valence electrons. The van der Waals surface area contributed by atoms with E-state index in [0.717, 1.165) is 37.8 Å². The summed E-state index contributed by atoms with van der Waals surface area (Å²) in [6.07, 6.45) is 12.6. The van der Waals surface area contributed by atoms with Gasteiger partial charge in [0.25, 0.3) is 0 Å². The van der Waals surface area contributed by atoms with E-state index in [0.29, 0.717) is 4.48 Å². The minimum atomic E-state index is 0.179. The Kier molecular flexibility index (Phi) is 10.5. The lowest BCUT2D eigenvalue weighted by Crippen LogP contribution is -2.44. The van der Waals surface area contributed by atoms with Gasteiger partial charge < -0.3 is 0 Å². The van der Waals surface area contributed by atoms with Crippen molar-refractivity contribution < 1.29 is 9.28 Å². The zero-order valence-electron chi connectivity index (χ0n) is 17.2. The van der Waals surface area contributed by atoms with Gasteiger partial charge in [0.15, 0.2) is 0 Å².